The number of hydrogen-bond donors (Lipinski definition) is 0. The predicted octanol–water partition coefficient (Wildman–Crippen LogP) is 3.32. The number of rotatable bonds is 3. The van der Waals surface area contributed by atoms with Crippen molar-refractivity contribution in [2.45, 2.75) is 0 Å². The van der Waals surface area contributed by atoms with Gasteiger partial charge >= 0.3 is 0 Å². The van der Waals surface area contributed by atoms with Crippen molar-refractivity contribution in [1.82, 2.24) is 4.98 Å². The monoisotopic (exact) mass is 224 g/mol. The third-order valence-electron chi connectivity index (χ3n) is 2.58. The highest BCUT2D eigenvalue weighted by Gasteiger charge is 1.99. The molecule has 0 spiro atoms. The summed E-state index contributed by atoms with van der Waals surface area (Å²) in [5, 5.41) is 0. The van der Waals surface area contributed by atoms with Crippen molar-refractivity contribution < 1.29 is 0 Å². The van der Waals surface area contributed by atoms with E-state index in [0.717, 1.165) is 5.56 Å². The van der Waals surface area contributed by atoms with Gasteiger partial charge in [0.25, 0.3) is 0 Å². The number of pyridine rings is 1. The molecule has 0 bridgehead atoms. The minimum atomic E-state index is 1.16. The van der Waals surface area contributed by atoms with Crippen LogP contribution < -0.4 is 4.90 Å². The molecular formula is C15H16N2. The van der Waals surface area contributed by atoms with E-state index in [1.54, 1.807) is 12.4 Å². The van der Waals surface area contributed by atoms with Gasteiger partial charge in [0.1, 0.15) is 0 Å². The first-order chi connectivity index (χ1) is 8.27. The zero-order valence-corrected chi connectivity index (χ0v) is 10.2. The van der Waals surface area contributed by atoms with E-state index >= 15 is 0 Å². The van der Waals surface area contributed by atoms with Crippen molar-refractivity contribution in [1.29, 1.82) is 0 Å². The molecule has 2 heteroatoms. The van der Waals surface area contributed by atoms with Crippen LogP contribution >= 0.6 is 0 Å². The van der Waals surface area contributed by atoms with E-state index in [2.05, 4.69) is 60.4 Å². The standard InChI is InChI=1S/C15H16N2/c1-17(2)15-6-4-3-5-14(15)8-7-13-9-11-16-12-10-13/h3-12H,1-2H3. The first kappa shape index (κ1) is 11.4. The van der Waals surface area contributed by atoms with Crippen LogP contribution in [0.1, 0.15) is 11.1 Å². The normalized spacial score (nSPS) is 10.7. The summed E-state index contributed by atoms with van der Waals surface area (Å²) in [5.74, 6) is 0. The van der Waals surface area contributed by atoms with Crippen LogP contribution in [0.4, 0.5) is 5.69 Å². The molecule has 2 nitrogen and oxygen atoms in total. The predicted molar refractivity (Wildman–Crippen MR) is 73.9 cm³/mol. The summed E-state index contributed by atoms with van der Waals surface area (Å²) in [6.45, 7) is 0. The average Bonchev–Trinajstić information content (AvgIpc) is 2.38. The third kappa shape index (κ3) is 2.94. The zero-order chi connectivity index (χ0) is 12.1. The second kappa shape index (κ2) is 5.30. The molecule has 0 aliphatic rings. The molecule has 0 fully saturated rings. The molecular weight excluding hydrogens is 208 g/mol. The molecule has 17 heavy (non-hydrogen) atoms. The maximum Gasteiger partial charge on any atom is 0.0434 e. The van der Waals surface area contributed by atoms with E-state index < -0.39 is 0 Å². The fourth-order valence-electron chi connectivity index (χ4n) is 1.70. The van der Waals surface area contributed by atoms with E-state index in [1.807, 2.05) is 12.1 Å². The highest BCUT2D eigenvalue weighted by atomic mass is 15.1. The summed E-state index contributed by atoms with van der Waals surface area (Å²) >= 11 is 0. The Morgan fingerprint density at radius 1 is 0.941 bits per heavy atom. The van der Waals surface area contributed by atoms with Gasteiger partial charge in [0.05, 0.1) is 0 Å². The average molecular weight is 224 g/mol. The van der Waals surface area contributed by atoms with Crippen LogP contribution in [-0.2, 0) is 0 Å². The first-order valence-corrected chi connectivity index (χ1v) is 5.62. The van der Waals surface area contributed by atoms with Gasteiger partial charge in [-0.1, -0.05) is 30.4 Å². The Balaban J connectivity index is 2.27. The van der Waals surface area contributed by atoms with Crippen LogP contribution in [0.2, 0.25) is 0 Å². The maximum absolute atomic E-state index is 4.00. The Bertz CT molecular complexity index is 501. The lowest BCUT2D eigenvalue weighted by atomic mass is 10.1. The molecule has 1 heterocycles. The van der Waals surface area contributed by atoms with Gasteiger partial charge in [-0.05, 0) is 29.3 Å². The van der Waals surface area contributed by atoms with Gasteiger partial charge in [-0.3, -0.25) is 4.98 Å². The summed E-state index contributed by atoms with van der Waals surface area (Å²) in [5.41, 5.74) is 3.60. The molecule has 0 radical (unpaired) electrons. The van der Waals surface area contributed by atoms with Crippen molar-refractivity contribution in [3.8, 4) is 0 Å². The fourth-order valence-corrected chi connectivity index (χ4v) is 1.70. The lowest BCUT2D eigenvalue weighted by molar-refractivity contribution is 1.13. The van der Waals surface area contributed by atoms with Crippen LogP contribution in [-0.4, -0.2) is 19.1 Å². The Hall–Kier alpha value is -2.09. The molecule has 0 aliphatic carbocycles. The number of hydrogen-bond acceptors (Lipinski definition) is 2. The van der Waals surface area contributed by atoms with Gasteiger partial charge in [-0.25, -0.2) is 0 Å². The lowest BCUT2D eigenvalue weighted by Gasteiger charge is -2.15. The largest absolute Gasteiger partial charge is 0.377 e. The van der Waals surface area contributed by atoms with Crippen LogP contribution in [0.25, 0.3) is 12.2 Å². The number of benzene rings is 1. The van der Waals surface area contributed by atoms with Crippen molar-refractivity contribution in [3.05, 3.63) is 59.9 Å². The fraction of sp³-hybridized carbons (Fsp3) is 0.133. The number of aromatic nitrogens is 1. The van der Waals surface area contributed by atoms with Crippen LogP contribution in [0, 0.1) is 0 Å². The highest BCUT2D eigenvalue weighted by Crippen LogP contribution is 2.20. The molecule has 2 rings (SSSR count). The second-order valence-electron chi connectivity index (χ2n) is 4.07. The number of para-hydroxylation sites is 1. The van der Waals surface area contributed by atoms with Crippen molar-refractivity contribution in [2.75, 3.05) is 19.0 Å². The summed E-state index contributed by atoms with van der Waals surface area (Å²) in [7, 11) is 4.11. The van der Waals surface area contributed by atoms with Crippen LogP contribution in [0.3, 0.4) is 0 Å². The summed E-state index contributed by atoms with van der Waals surface area (Å²) in [6, 6.07) is 12.3. The van der Waals surface area contributed by atoms with Gasteiger partial charge in [-0.2, -0.15) is 0 Å². The number of anilines is 1. The van der Waals surface area contributed by atoms with Crippen molar-refractivity contribution >= 4 is 17.8 Å². The second-order valence-corrected chi connectivity index (χ2v) is 4.07. The van der Waals surface area contributed by atoms with Gasteiger partial charge < -0.3 is 4.90 Å². The Kier molecular flexibility index (Phi) is 3.55. The highest BCUT2D eigenvalue weighted by molar-refractivity contribution is 5.76. The van der Waals surface area contributed by atoms with E-state index in [4.69, 9.17) is 0 Å². The van der Waals surface area contributed by atoms with E-state index in [0.29, 0.717) is 0 Å². The molecule has 86 valence electrons. The Labute approximate surface area is 102 Å². The zero-order valence-electron chi connectivity index (χ0n) is 10.2. The first-order valence-electron chi connectivity index (χ1n) is 5.62. The van der Waals surface area contributed by atoms with E-state index in [9.17, 15) is 0 Å². The molecule has 0 atom stereocenters. The van der Waals surface area contributed by atoms with Crippen LogP contribution in [0.5, 0.6) is 0 Å². The van der Waals surface area contributed by atoms with E-state index in [1.165, 1.54) is 11.3 Å². The smallest absolute Gasteiger partial charge is 0.0434 e. The molecule has 0 amide bonds. The molecule has 0 saturated heterocycles. The summed E-state index contributed by atoms with van der Waals surface area (Å²) in [6.07, 6.45) is 7.84. The van der Waals surface area contributed by atoms with Gasteiger partial charge in [0, 0.05) is 32.2 Å². The summed E-state index contributed by atoms with van der Waals surface area (Å²) < 4.78 is 0. The van der Waals surface area contributed by atoms with Crippen molar-refractivity contribution in [2.24, 2.45) is 0 Å². The maximum atomic E-state index is 4.00. The van der Waals surface area contributed by atoms with Crippen LogP contribution in [0.15, 0.2) is 48.8 Å². The van der Waals surface area contributed by atoms with Gasteiger partial charge in [0.15, 0.2) is 0 Å². The van der Waals surface area contributed by atoms with Gasteiger partial charge in [0.2, 0.25) is 0 Å². The van der Waals surface area contributed by atoms with E-state index in [-0.39, 0.29) is 0 Å². The molecule has 0 saturated carbocycles. The Morgan fingerprint density at radius 3 is 2.35 bits per heavy atom. The quantitative estimate of drug-likeness (QED) is 0.795. The molecule has 2 aromatic rings. The molecule has 1 aromatic heterocycles. The molecule has 0 unspecified atom stereocenters. The Morgan fingerprint density at radius 2 is 1.65 bits per heavy atom. The summed E-state index contributed by atoms with van der Waals surface area (Å²) in [4.78, 5) is 6.12. The minimum Gasteiger partial charge on any atom is -0.377 e. The molecule has 1 aromatic carbocycles. The topological polar surface area (TPSA) is 16.1 Å². The number of nitrogens with zero attached hydrogens (tertiary/aromatic N) is 2. The SMILES string of the molecule is CN(C)c1ccccc1C=Cc1ccncc1. The lowest BCUT2D eigenvalue weighted by Crippen LogP contribution is -2.09. The minimum absolute atomic E-state index is 1.16. The molecule has 0 aliphatic heterocycles. The van der Waals surface area contributed by atoms with Crippen molar-refractivity contribution in [3.63, 3.8) is 0 Å². The molecule has 0 N–H and O–H groups in total. The third-order valence-corrected chi connectivity index (χ3v) is 2.58. The van der Waals surface area contributed by atoms with Gasteiger partial charge in [-0.15, -0.1) is 0 Å².